The second-order valence-electron chi connectivity index (χ2n) is 5.66. The van der Waals surface area contributed by atoms with Crippen LogP contribution in [-0.2, 0) is 22.6 Å². The SMILES string of the molecule is O=C(Cc1ccc2ccccc2n1)OCc1ccc([N+](=O)[O-])cc1[N+](=O)[O-]. The summed E-state index contributed by atoms with van der Waals surface area (Å²) in [7, 11) is 0. The molecule has 0 aliphatic rings. The molecule has 0 amide bonds. The highest BCUT2D eigenvalue weighted by atomic mass is 16.6. The van der Waals surface area contributed by atoms with Gasteiger partial charge in [-0.3, -0.25) is 30.0 Å². The van der Waals surface area contributed by atoms with E-state index in [9.17, 15) is 25.0 Å². The van der Waals surface area contributed by atoms with Gasteiger partial charge in [0.15, 0.2) is 0 Å². The zero-order valence-corrected chi connectivity index (χ0v) is 13.9. The molecule has 3 rings (SSSR count). The van der Waals surface area contributed by atoms with Gasteiger partial charge in [0, 0.05) is 11.5 Å². The van der Waals surface area contributed by atoms with E-state index >= 15 is 0 Å². The molecule has 0 unspecified atom stereocenters. The van der Waals surface area contributed by atoms with E-state index in [2.05, 4.69) is 4.98 Å². The van der Waals surface area contributed by atoms with Crippen molar-refractivity contribution in [1.29, 1.82) is 0 Å². The number of hydrogen-bond acceptors (Lipinski definition) is 7. The van der Waals surface area contributed by atoms with Crippen LogP contribution in [0.15, 0.2) is 54.6 Å². The molecule has 0 spiro atoms. The maximum Gasteiger partial charge on any atom is 0.312 e. The predicted molar refractivity (Wildman–Crippen MR) is 95.0 cm³/mol. The predicted octanol–water partition coefficient (Wildman–Crippen LogP) is 3.34. The van der Waals surface area contributed by atoms with Gasteiger partial charge in [0.25, 0.3) is 11.4 Å². The number of ether oxygens (including phenoxy) is 1. The monoisotopic (exact) mass is 367 g/mol. The molecular formula is C18H13N3O6. The summed E-state index contributed by atoms with van der Waals surface area (Å²) in [4.78, 5) is 36.8. The summed E-state index contributed by atoms with van der Waals surface area (Å²) >= 11 is 0. The third-order valence-corrected chi connectivity index (χ3v) is 3.85. The molecule has 27 heavy (non-hydrogen) atoms. The topological polar surface area (TPSA) is 125 Å². The van der Waals surface area contributed by atoms with Crippen molar-refractivity contribution in [2.24, 2.45) is 0 Å². The molecular weight excluding hydrogens is 354 g/mol. The third-order valence-electron chi connectivity index (χ3n) is 3.85. The summed E-state index contributed by atoms with van der Waals surface area (Å²) in [6.45, 7) is -0.360. The van der Waals surface area contributed by atoms with E-state index in [0.717, 1.165) is 23.0 Å². The number of fused-ring (bicyclic) bond motifs is 1. The molecule has 0 aliphatic carbocycles. The molecule has 3 aromatic rings. The first-order valence-electron chi connectivity index (χ1n) is 7.86. The Bertz CT molecular complexity index is 1050. The number of nitro benzene ring substituents is 2. The molecule has 9 heteroatoms. The molecule has 1 aromatic heterocycles. The van der Waals surface area contributed by atoms with Gasteiger partial charge in [0.05, 0.1) is 39.1 Å². The Morgan fingerprint density at radius 3 is 2.52 bits per heavy atom. The van der Waals surface area contributed by atoms with Gasteiger partial charge in [-0.1, -0.05) is 24.3 Å². The lowest BCUT2D eigenvalue weighted by molar-refractivity contribution is -0.394. The van der Waals surface area contributed by atoms with Gasteiger partial charge in [-0.25, -0.2) is 0 Å². The quantitative estimate of drug-likeness (QED) is 0.371. The molecule has 2 aromatic carbocycles. The van der Waals surface area contributed by atoms with Crippen LogP contribution >= 0.6 is 0 Å². The molecule has 0 saturated heterocycles. The van der Waals surface area contributed by atoms with Gasteiger partial charge in [0.1, 0.15) is 6.61 Å². The van der Waals surface area contributed by atoms with Crippen LogP contribution in [0, 0.1) is 20.2 Å². The highest BCUT2D eigenvalue weighted by Gasteiger charge is 2.20. The minimum atomic E-state index is -0.749. The molecule has 0 atom stereocenters. The number of esters is 1. The van der Waals surface area contributed by atoms with Crippen molar-refractivity contribution < 1.29 is 19.4 Å². The van der Waals surface area contributed by atoms with Crippen molar-refractivity contribution in [3.8, 4) is 0 Å². The van der Waals surface area contributed by atoms with E-state index in [1.165, 1.54) is 6.07 Å². The number of carbonyl (C=O) groups is 1. The van der Waals surface area contributed by atoms with E-state index in [4.69, 9.17) is 4.74 Å². The van der Waals surface area contributed by atoms with E-state index in [1.54, 1.807) is 6.07 Å². The van der Waals surface area contributed by atoms with Crippen LogP contribution in [-0.4, -0.2) is 20.8 Å². The highest BCUT2D eigenvalue weighted by molar-refractivity contribution is 5.79. The van der Waals surface area contributed by atoms with Gasteiger partial charge in [-0.15, -0.1) is 0 Å². The number of hydrogen-bond donors (Lipinski definition) is 0. The number of non-ortho nitro benzene ring substituents is 1. The van der Waals surface area contributed by atoms with Crippen molar-refractivity contribution in [3.05, 3.63) is 86.1 Å². The van der Waals surface area contributed by atoms with Crippen molar-refractivity contribution >= 4 is 28.2 Å². The summed E-state index contributed by atoms with van der Waals surface area (Å²) in [5, 5.41) is 22.8. The number of nitro groups is 2. The van der Waals surface area contributed by atoms with E-state index < -0.39 is 27.2 Å². The Labute approximate surface area is 152 Å². The van der Waals surface area contributed by atoms with Gasteiger partial charge in [-0.2, -0.15) is 0 Å². The van der Waals surface area contributed by atoms with Crippen LogP contribution in [0.1, 0.15) is 11.3 Å². The largest absolute Gasteiger partial charge is 0.460 e. The summed E-state index contributed by atoms with van der Waals surface area (Å²) in [6, 6.07) is 14.2. The van der Waals surface area contributed by atoms with Crippen LogP contribution in [0.3, 0.4) is 0 Å². The molecule has 0 aliphatic heterocycles. The highest BCUT2D eigenvalue weighted by Crippen LogP contribution is 2.25. The van der Waals surface area contributed by atoms with Crippen LogP contribution < -0.4 is 0 Å². The number of carbonyl (C=O) groups excluding carboxylic acids is 1. The Morgan fingerprint density at radius 2 is 1.78 bits per heavy atom. The second kappa shape index (κ2) is 7.56. The molecule has 136 valence electrons. The molecule has 0 fully saturated rings. The average Bonchev–Trinajstić information content (AvgIpc) is 2.66. The molecule has 0 radical (unpaired) electrons. The van der Waals surface area contributed by atoms with Crippen molar-refractivity contribution in [2.45, 2.75) is 13.0 Å². The number of pyridine rings is 1. The molecule has 1 heterocycles. The minimum Gasteiger partial charge on any atom is -0.460 e. The second-order valence-corrected chi connectivity index (χ2v) is 5.66. The van der Waals surface area contributed by atoms with Crippen LogP contribution in [0.2, 0.25) is 0 Å². The number of para-hydroxylation sites is 1. The first-order valence-corrected chi connectivity index (χ1v) is 7.86. The van der Waals surface area contributed by atoms with E-state index in [0.29, 0.717) is 5.69 Å². The molecule has 0 saturated carbocycles. The first-order chi connectivity index (χ1) is 12.9. The average molecular weight is 367 g/mol. The van der Waals surface area contributed by atoms with Gasteiger partial charge >= 0.3 is 5.97 Å². The lowest BCUT2D eigenvalue weighted by Crippen LogP contribution is -2.10. The lowest BCUT2D eigenvalue weighted by Gasteiger charge is -2.06. The van der Waals surface area contributed by atoms with E-state index in [-0.39, 0.29) is 18.6 Å². The lowest BCUT2D eigenvalue weighted by atomic mass is 10.1. The summed E-state index contributed by atoms with van der Waals surface area (Å²) in [5.41, 5.74) is 0.453. The fraction of sp³-hybridized carbons (Fsp3) is 0.111. The Kier molecular flexibility index (Phi) is 5.02. The van der Waals surface area contributed by atoms with Crippen molar-refractivity contribution in [2.75, 3.05) is 0 Å². The van der Waals surface area contributed by atoms with Gasteiger partial charge in [-0.05, 0) is 18.2 Å². The standard InChI is InChI=1S/C18H13N3O6/c22-18(9-14-7-5-12-3-1-2-4-16(12)19-14)27-11-13-6-8-15(20(23)24)10-17(13)21(25)26/h1-8,10H,9,11H2. The molecule has 0 N–H and O–H groups in total. The Morgan fingerprint density at radius 1 is 1.00 bits per heavy atom. The smallest absolute Gasteiger partial charge is 0.312 e. The Balaban J connectivity index is 1.69. The van der Waals surface area contributed by atoms with Crippen LogP contribution in [0.5, 0.6) is 0 Å². The fourth-order valence-corrected chi connectivity index (χ4v) is 2.52. The summed E-state index contributed by atoms with van der Waals surface area (Å²) in [5.74, 6) is -0.606. The number of nitrogens with zero attached hydrogens (tertiary/aromatic N) is 3. The van der Waals surface area contributed by atoms with Crippen LogP contribution in [0.4, 0.5) is 11.4 Å². The maximum atomic E-state index is 12.0. The fourth-order valence-electron chi connectivity index (χ4n) is 2.52. The number of benzene rings is 2. The number of rotatable bonds is 6. The van der Waals surface area contributed by atoms with E-state index in [1.807, 2.05) is 30.3 Å². The first kappa shape index (κ1) is 17.9. The third kappa shape index (κ3) is 4.21. The zero-order chi connectivity index (χ0) is 19.4. The van der Waals surface area contributed by atoms with Gasteiger partial charge < -0.3 is 4.74 Å². The Hall–Kier alpha value is -3.88. The van der Waals surface area contributed by atoms with Crippen molar-refractivity contribution in [3.63, 3.8) is 0 Å². The zero-order valence-electron chi connectivity index (χ0n) is 13.9. The number of aromatic nitrogens is 1. The normalized spacial score (nSPS) is 10.5. The van der Waals surface area contributed by atoms with Gasteiger partial charge in [0.2, 0.25) is 0 Å². The minimum absolute atomic E-state index is 0.0745. The molecule has 9 nitrogen and oxygen atoms in total. The maximum absolute atomic E-state index is 12.0. The summed E-state index contributed by atoms with van der Waals surface area (Å²) in [6.07, 6.45) is -0.0917. The van der Waals surface area contributed by atoms with Crippen LogP contribution in [0.25, 0.3) is 10.9 Å². The molecule has 0 bridgehead atoms. The summed E-state index contributed by atoms with van der Waals surface area (Å²) < 4.78 is 5.08. The van der Waals surface area contributed by atoms with Crippen molar-refractivity contribution in [1.82, 2.24) is 4.98 Å².